The van der Waals surface area contributed by atoms with Crippen LogP contribution in [0.2, 0.25) is 0 Å². The Balaban J connectivity index is 0.00000288. The van der Waals surface area contributed by atoms with Crippen LogP contribution in [-0.4, -0.2) is 30.8 Å². The first-order valence-corrected chi connectivity index (χ1v) is 8.30. The predicted octanol–water partition coefficient (Wildman–Crippen LogP) is 3.37. The lowest BCUT2D eigenvalue weighted by molar-refractivity contribution is -0.166. The first-order valence-electron chi connectivity index (χ1n) is 8.30. The lowest BCUT2D eigenvalue weighted by Crippen LogP contribution is -2.74. The van der Waals surface area contributed by atoms with Crippen molar-refractivity contribution >= 4 is 24.0 Å². The largest absolute Gasteiger partial charge is 0.494 e. The van der Waals surface area contributed by atoms with E-state index in [-0.39, 0.29) is 24.4 Å². The molecule has 1 aliphatic carbocycles. The Hall–Kier alpha value is -1.30. The molecule has 0 aromatic heterocycles. The van der Waals surface area contributed by atoms with Gasteiger partial charge in [-0.05, 0) is 37.6 Å². The molecule has 0 heterocycles. The van der Waals surface area contributed by atoms with Gasteiger partial charge in [-0.1, -0.05) is 20.8 Å². The molecule has 1 aliphatic rings. The molecule has 0 bridgehead atoms. The lowest BCUT2D eigenvalue weighted by Gasteiger charge is -2.57. The Bertz CT molecular complexity index is 548. The van der Waals surface area contributed by atoms with Crippen molar-refractivity contribution in [2.75, 3.05) is 18.5 Å². The zero-order valence-corrected chi connectivity index (χ0v) is 15.7. The van der Waals surface area contributed by atoms with Crippen LogP contribution in [0.1, 0.15) is 40.5 Å². The number of nitrogens with two attached hydrogens (primary N) is 1. The van der Waals surface area contributed by atoms with Crippen molar-refractivity contribution in [2.24, 2.45) is 11.1 Å². The minimum atomic E-state index is -0.912. The van der Waals surface area contributed by atoms with Gasteiger partial charge < -0.3 is 20.5 Å². The number of amides is 1. The van der Waals surface area contributed by atoms with Crippen molar-refractivity contribution in [1.29, 1.82) is 0 Å². The summed E-state index contributed by atoms with van der Waals surface area (Å²) >= 11 is 0. The highest BCUT2D eigenvalue weighted by Crippen LogP contribution is 2.50. The second kappa shape index (κ2) is 8.19. The molecule has 0 radical (unpaired) electrons. The number of carbonyl (C=O) groups excluding carboxylic acids is 1. The summed E-state index contributed by atoms with van der Waals surface area (Å²) in [7, 11) is 0. The number of anilines is 1. The van der Waals surface area contributed by atoms with Crippen molar-refractivity contribution in [3.8, 4) is 5.75 Å². The first-order chi connectivity index (χ1) is 10.8. The van der Waals surface area contributed by atoms with Gasteiger partial charge in [0.05, 0.1) is 12.7 Å². The first kappa shape index (κ1) is 20.7. The van der Waals surface area contributed by atoms with E-state index in [4.69, 9.17) is 15.2 Å². The highest BCUT2D eigenvalue weighted by Gasteiger charge is 2.62. The summed E-state index contributed by atoms with van der Waals surface area (Å²) in [6, 6.07) is 7.36. The molecule has 0 saturated heterocycles. The minimum absolute atomic E-state index is 0. The van der Waals surface area contributed by atoms with Crippen LogP contribution in [0.5, 0.6) is 5.75 Å². The van der Waals surface area contributed by atoms with Gasteiger partial charge in [0.2, 0.25) is 5.91 Å². The van der Waals surface area contributed by atoms with E-state index < -0.39 is 11.0 Å². The summed E-state index contributed by atoms with van der Waals surface area (Å²) in [5.74, 6) is 0.633. The van der Waals surface area contributed by atoms with Crippen molar-refractivity contribution in [2.45, 2.75) is 52.2 Å². The molecular weight excluding hydrogens is 328 g/mol. The number of hydrogen-bond acceptors (Lipinski definition) is 4. The summed E-state index contributed by atoms with van der Waals surface area (Å²) < 4.78 is 11.2. The molecule has 1 fully saturated rings. The molecule has 6 heteroatoms. The van der Waals surface area contributed by atoms with Crippen LogP contribution in [0.25, 0.3) is 0 Å². The van der Waals surface area contributed by atoms with E-state index >= 15 is 0 Å². The molecule has 1 saturated carbocycles. The van der Waals surface area contributed by atoms with Gasteiger partial charge in [0, 0.05) is 24.1 Å². The highest BCUT2D eigenvalue weighted by molar-refractivity contribution is 5.99. The van der Waals surface area contributed by atoms with Crippen molar-refractivity contribution in [3.63, 3.8) is 0 Å². The summed E-state index contributed by atoms with van der Waals surface area (Å²) in [5.41, 5.74) is 5.79. The molecule has 0 spiro atoms. The van der Waals surface area contributed by atoms with Crippen molar-refractivity contribution in [3.05, 3.63) is 24.3 Å². The van der Waals surface area contributed by atoms with E-state index in [0.29, 0.717) is 19.6 Å². The van der Waals surface area contributed by atoms with Gasteiger partial charge in [0.15, 0.2) is 0 Å². The van der Waals surface area contributed by atoms with Gasteiger partial charge in [-0.25, -0.2) is 0 Å². The molecule has 3 N–H and O–H groups in total. The van der Waals surface area contributed by atoms with Gasteiger partial charge in [-0.3, -0.25) is 4.79 Å². The summed E-state index contributed by atoms with van der Waals surface area (Å²) in [4.78, 5) is 12.6. The normalized spacial score (nSPS) is 24.5. The quantitative estimate of drug-likeness (QED) is 0.785. The van der Waals surface area contributed by atoms with Gasteiger partial charge in [-0.15, -0.1) is 12.4 Å². The maximum atomic E-state index is 12.6. The van der Waals surface area contributed by atoms with E-state index in [2.05, 4.69) is 12.2 Å². The monoisotopic (exact) mass is 356 g/mol. The zero-order chi connectivity index (χ0) is 17.1. The van der Waals surface area contributed by atoms with Crippen molar-refractivity contribution < 1.29 is 14.3 Å². The third kappa shape index (κ3) is 3.85. The SMILES string of the molecule is CCCOc1ccc(NC(=O)C2(N)CC(OCC)C2(C)C)cc1.Cl. The van der Waals surface area contributed by atoms with Crippen LogP contribution < -0.4 is 15.8 Å². The van der Waals surface area contributed by atoms with Crippen molar-refractivity contribution in [1.82, 2.24) is 0 Å². The predicted molar refractivity (Wildman–Crippen MR) is 98.8 cm³/mol. The Morgan fingerprint density at radius 1 is 1.29 bits per heavy atom. The molecule has 1 aromatic rings. The molecule has 1 amide bonds. The lowest BCUT2D eigenvalue weighted by atomic mass is 9.54. The van der Waals surface area contributed by atoms with Gasteiger partial charge in [-0.2, -0.15) is 0 Å². The van der Waals surface area contributed by atoms with Crippen LogP contribution in [0, 0.1) is 5.41 Å². The fraction of sp³-hybridized carbons (Fsp3) is 0.611. The summed E-state index contributed by atoms with van der Waals surface area (Å²) in [6.07, 6.45) is 1.52. The second-order valence-electron chi connectivity index (χ2n) is 6.67. The highest BCUT2D eigenvalue weighted by atomic mass is 35.5. The fourth-order valence-corrected chi connectivity index (χ4v) is 2.92. The molecule has 136 valence electrons. The Kier molecular flexibility index (Phi) is 7.08. The van der Waals surface area contributed by atoms with E-state index in [9.17, 15) is 4.79 Å². The molecule has 2 rings (SSSR count). The van der Waals surface area contributed by atoms with E-state index in [1.54, 1.807) is 0 Å². The van der Waals surface area contributed by atoms with Gasteiger partial charge in [0.25, 0.3) is 0 Å². The molecule has 2 unspecified atom stereocenters. The van der Waals surface area contributed by atoms with Crippen LogP contribution >= 0.6 is 12.4 Å². The topological polar surface area (TPSA) is 73.6 Å². The fourth-order valence-electron chi connectivity index (χ4n) is 2.92. The maximum Gasteiger partial charge on any atom is 0.245 e. The standard InChI is InChI=1S/C18H28N2O3.ClH/c1-5-11-23-14-9-7-13(8-10-14)20-16(21)18(19)12-15(22-6-2)17(18,3)4;/h7-10,15H,5-6,11-12,19H2,1-4H3,(H,20,21);1H. The summed E-state index contributed by atoms with van der Waals surface area (Å²) in [5, 5.41) is 2.91. The molecule has 24 heavy (non-hydrogen) atoms. The molecule has 2 atom stereocenters. The van der Waals surface area contributed by atoms with Crippen LogP contribution in [0.3, 0.4) is 0 Å². The van der Waals surface area contributed by atoms with Gasteiger partial charge in [0.1, 0.15) is 11.3 Å². The number of halogens is 1. The summed E-state index contributed by atoms with van der Waals surface area (Å²) in [6.45, 7) is 9.30. The molecular formula is C18H29ClN2O3. The van der Waals surface area contributed by atoms with Crippen LogP contribution in [-0.2, 0) is 9.53 Å². The Morgan fingerprint density at radius 3 is 2.42 bits per heavy atom. The third-order valence-electron chi connectivity index (χ3n) is 4.82. The Morgan fingerprint density at radius 2 is 1.92 bits per heavy atom. The second-order valence-corrected chi connectivity index (χ2v) is 6.67. The molecule has 0 aliphatic heterocycles. The zero-order valence-electron chi connectivity index (χ0n) is 14.9. The average molecular weight is 357 g/mol. The number of rotatable bonds is 7. The van der Waals surface area contributed by atoms with E-state index in [0.717, 1.165) is 17.9 Å². The van der Waals surface area contributed by atoms with Crippen LogP contribution in [0.4, 0.5) is 5.69 Å². The number of benzene rings is 1. The Labute approximate surface area is 150 Å². The number of hydrogen-bond donors (Lipinski definition) is 2. The van der Waals surface area contributed by atoms with E-state index in [1.807, 2.05) is 45.0 Å². The van der Waals surface area contributed by atoms with Gasteiger partial charge >= 0.3 is 0 Å². The smallest absolute Gasteiger partial charge is 0.245 e. The number of carbonyl (C=O) groups is 1. The minimum Gasteiger partial charge on any atom is -0.494 e. The number of nitrogens with one attached hydrogen (secondary N) is 1. The maximum absolute atomic E-state index is 12.6. The molecule has 5 nitrogen and oxygen atoms in total. The molecule has 1 aromatic carbocycles. The van der Waals surface area contributed by atoms with Crippen LogP contribution in [0.15, 0.2) is 24.3 Å². The third-order valence-corrected chi connectivity index (χ3v) is 4.82. The van der Waals surface area contributed by atoms with E-state index in [1.165, 1.54) is 0 Å². The average Bonchev–Trinajstić information content (AvgIpc) is 2.53. The number of ether oxygens (including phenoxy) is 2.